The Hall–Kier alpha value is -3.04. The first-order valence-corrected chi connectivity index (χ1v) is 9.91. The number of aryl methyl sites for hydroxylation is 1. The molecule has 0 fully saturated rings. The fourth-order valence-corrected chi connectivity index (χ4v) is 3.03. The highest BCUT2D eigenvalue weighted by Crippen LogP contribution is 2.17. The first kappa shape index (κ1) is 22.3. The van der Waals surface area contributed by atoms with Gasteiger partial charge in [0.1, 0.15) is 11.3 Å². The van der Waals surface area contributed by atoms with Crippen LogP contribution in [0.1, 0.15) is 18.1 Å². The van der Waals surface area contributed by atoms with Crippen LogP contribution in [-0.4, -0.2) is 11.6 Å². The molecule has 0 saturated carbocycles. The van der Waals surface area contributed by atoms with Crippen molar-refractivity contribution in [2.24, 2.45) is 12.0 Å². The lowest BCUT2D eigenvalue weighted by molar-refractivity contribution is 0.795. The SMILES string of the molecule is C=C(/N=c1/c(CC)ccc(-c2ccccc2)n1C)NC.C=Cc1cccc(Cl)c1. The van der Waals surface area contributed by atoms with Crippen molar-refractivity contribution in [3.63, 3.8) is 0 Å². The highest BCUT2D eigenvalue weighted by Gasteiger charge is 2.05. The maximum Gasteiger partial charge on any atom is 0.138 e. The molecule has 150 valence electrons. The van der Waals surface area contributed by atoms with E-state index in [0.29, 0.717) is 5.82 Å². The molecule has 1 heterocycles. The van der Waals surface area contributed by atoms with E-state index in [4.69, 9.17) is 11.6 Å². The number of hydrogen-bond donors (Lipinski definition) is 1. The zero-order chi connectivity index (χ0) is 21.2. The Balaban J connectivity index is 0.000000278. The summed E-state index contributed by atoms with van der Waals surface area (Å²) in [6.07, 6.45) is 2.71. The minimum Gasteiger partial charge on any atom is -0.374 e. The quantitative estimate of drug-likeness (QED) is 0.568. The first-order valence-electron chi connectivity index (χ1n) is 9.53. The number of aromatic nitrogens is 1. The number of nitrogens with one attached hydrogen (secondary N) is 1. The van der Waals surface area contributed by atoms with E-state index < -0.39 is 0 Å². The molecule has 0 radical (unpaired) electrons. The van der Waals surface area contributed by atoms with Crippen LogP contribution in [-0.2, 0) is 13.5 Å². The number of nitrogens with zero attached hydrogens (tertiary/aromatic N) is 2. The first-order chi connectivity index (χ1) is 14.0. The monoisotopic (exact) mass is 405 g/mol. The van der Waals surface area contributed by atoms with Gasteiger partial charge in [0.15, 0.2) is 0 Å². The van der Waals surface area contributed by atoms with Crippen molar-refractivity contribution < 1.29 is 0 Å². The second-order valence-corrected chi connectivity index (χ2v) is 6.85. The maximum absolute atomic E-state index is 5.68. The van der Waals surface area contributed by atoms with E-state index in [1.807, 2.05) is 56.6 Å². The van der Waals surface area contributed by atoms with Crippen LogP contribution < -0.4 is 10.8 Å². The van der Waals surface area contributed by atoms with E-state index >= 15 is 0 Å². The topological polar surface area (TPSA) is 29.3 Å². The molecule has 29 heavy (non-hydrogen) atoms. The van der Waals surface area contributed by atoms with Gasteiger partial charge in [-0.25, -0.2) is 4.99 Å². The third kappa shape index (κ3) is 6.23. The smallest absolute Gasteiger partial charge is 0.138 e. The average Bonchev–Trinajstić information content (AvgIpc) is 2.76. The fraction of sp³-hybridized carbons (Fsp3) is 0.160. The summed E-state index contributed by atoms with van der Waals surface area (Å²) in [5.74, 6) is 0.667. The van der Waals surface area contributed by atoms with Crippen molar-refractivity contribution in [3.05, 3.63) is 107 Å². The Kier molecular flexibility index (Phi) is 8.50. The molecule has 0 saturated heterocycles. The van der Waals surface area contributed by atoms with Crippen molar-refractivity contribution in [3.8, 4) is 11.3 Å². The predicted octanol–water partition coefficient (Wildman–Crippen LogP) is 5.83. The summed E-state index contributed by atoms with van der Waals surface area (Å²) < 4.78 is 2.12. The molecule has 0 aliphatic carbocycles. The van der Waals surface area contributed by atoms with E-state index in [0.717, 1.165) is 28.2 Å². The van der Waals surface area contributed by atoms with Crippen molar-refractivity contribution in [2.75, 3.05) is 7.05 Å². The van der Waals surface area contributed by atoms with Gasteiger partial charge >= 0.3 is 0 Å². The lowest BCUT2D eigenvalue weighted by atomic mass is 10.1. The highest BCUT2D eigenvalue weighted by atomic mass is 35.5. The van der Waals surface area contributed by atoms with E-state index in [2.05, 4.69) is 59.2 Å². The minimum atomic E-state index is 0.667. The molecular formula is C25H28ClN3. The molecule has 0 unspecified atom stereocenters. The number of hydrogen-bond acceptors (Lipinski definition) is 2. The van der Waals surface area contributed by atoms with Crippen molar-refractivity contribution in [1.29, 1.82) is 0 Å². The zero-order valence-corrected chi connectivity index (χ0v) is 18.1. The molecule has 4 heteroatoms. The van der Waals surface area contributed by atoms with E-state index in [1.54, 1.807) is 6.08 Å². The van der Waals surface area contributed by atoms with Gasteiger partial charge in [-0.15, -0.1) is 0 Å². The van der Waals surface area contributed by atoms with Crippen molar-refractivity contribution in [1.82, 2.24) is 9.88 Å². The van der Waals surface area contributed by atoms with Crippen LogP contribution in [0.2, 0.25) is 5.02 Å². The second-order valence-electron chi connectivity index (χ2n) is 6.41. The molecule has 1 aromatic heterocycles. The number of benzene rings is 2. The van der Waals surface area contributed by atoms with Gasteiger partial charge in [0, 0.05) is 24.8 Å². The van der Waals surface area contributed by atoms with E-state index in [1.165, 1.54) is 11.1 Å². The molecule has 0 amide bonds. The molecule has 0 atom stereocenters. The molecule has 3 aromatic rings. The number of rotatable bonds is 5. The highest BCUT2D eigenvalue weighted by molar-refractivity contribution is 6.30. The molecule has 3 rings (SSSR count). The Bertz CT molecular complexity index is 1030. The van der Waals surface area contributed by atoms with Crippen molar-refractivity contribution >= 4 is 17.7 Å². The van der Waals surface area contributed by atoms with Crippen LogP contribution in [0.3, 0.4) is 0 Å². The van der Waals surface area contributed by atoms with Gasteiger partial charge in [-0.3, -0.25) is 0 Å². The van der Waals surface area contributed by atoms with Crippen LogP contribution in [0.4, 0.5) is 0 Å². The van der Waals surface area contributed by atoms with Crippen molar-refractivity contribution in [2.45, 2.75) is 13.3 Å². The number of halogens is 1. The van der Waals surface area contributed by atoms with E-state index in [9.17, 15) is 0 Å². The van der Waals surface area contributed by atoms with Crippen LogP contribution in [0.5, 0.6) is 0 Å². The molecule has 0 aliphatic rings. The summed E-state index contributed by atoms with van der Waals surface area (Å²) in [5.41, 5.74) is 5.55. The molecule has 1 N–H and O–H groups in total. The van der Waals surface area contributed by atoms with Gasteiger partial charge in [-0.1, -0.05) is 86.3 Å². The summed E-state index contributed by atoms with van der Waals surface area (Å²) in [5, 5.41) is 3.73. The van der Waals surface area contributed by atoms with Gasteiger partial charge in [-0.2, -0.15) is 0 Å². The molecule has 2 aromatic carbocycles. The largest absolute Gasteiger partial charge is 0.374 e. The summed E-state index contributed by atoms with van der Waals surface area (Å²) in [7, 11) is 3.88. The lowest BCUT2D eigenvalue weighted by Gasteiger charge is -2.13. The number of pyridine rings is 1. The van der Waals surface area contributed by atoms with Gasteiger partial charge < -0.3 is 9.88 Å². The van der Waals surface area contributed by atoms with Gasteiger partial charge in [0.25, 0.3) is 0 Å². The van der Waals surface area contributed by atoms with Crippen LogP contribution in [0, 0.1) is 0 Å². The van der Waals surface area contributed by atoms with E-state index in [-0.39, 0.29) is 0 Å². The Morgan fingerprint density at radius 2 is 1.83 bits per heavy atom. The molecule has 0 bridgehead atoms. The zero-order valence-electron chi connectivity index (χ0n) is 17.3. The Labute approximate surface area is 178 Å². The van der Waals surface area contributed by atoms with Crippen LogP contribution in [0.25, 0.3) is 17.3 Å². The third-order valence-corrected chi connectivity index (χ3v) is 4.71. The van der Waals surface area contributed by atoms with Crippen LogP contribution in [0.15, 0.2) is 90.7 Å². The van der Waals surface area contributed by atoms with Gasteiger partial charge in [-0.05, 0) is 41.3 Å². The molecule has 3 nitrogen and oxygen atoms in total. The predicted molar refractivity (Wildman–Crippen MR) is 126 cm³/mol. The summed E-state index contributed by atoms with van der Waals surface area (Å²) in [6.45, 7) is 9.65. The normalized spacial score (nSPS) is 10.7. The summed E-state index contributed by atoms with van der Waals surface area (Å²) in [6, 6.07) is 22.2. The second kappa shape index (κ2) is 11.1. The van der Waals surface area contributed by atoms with Gasteiger partial charge in [0.2, 0.25) is 0 Å². The maximum atomic E-state index is 5.68. The third-order valence-electron chi connectivity index (χ3n) is 4.47. The minimum absolute atomic E-state index is 0.667. The fourth-order valence-electron chi connectivity index (χ4n) is 2.83. The summed E-state index contributed by atoms with van der Waals surface area (Å²) in [4.78, 5) is 4.59. The molecule has 0 aliphatic heterocycles. The molecular weight excluding hydrogens is 378 g/mol. The average molecular weight is 406 g/mol. The Morgan fingerprint density at radius 3 is 2.38 bits per heavy atom. The lowest BCUT2D eigenvalue weighted by Crippen LogP contribution is -2.25. The Morgan fingerprint density at radius 1 is 1.10 bits per heavy atom. The summed E-state index contributed by atoms with van der Waals surface area (Å²) >= 11 is 5.68. The van der Waals surface area contributed by atoms with Crippen LogP contribution >= 0.6 is 11.6 Å². The van der Waals surface area contributed by atoms with Gasteiger partial charge in [0.05, 0.1) is 0 Å². The molecule has 0 spiro atoms. The standard InChI is InChI=1S/C17H21N3.C8H7Cl/c1-5-14-11-12-16(15-9-7-6-8-10-15)20(4)17(14)19-13(2)18-3;1-2-7-4-3-5-8(9)6-7/h6-12,18H,2,5H2,1,3-4H3;2-6H,1H2/b19-17-;.